The Labute approximate surface area is 143 Å². The van der Waals surface area contributed by atoms with Gasteiger partial charge in [0.2, 0.25) is 0 Å². The topological polar surface area (TPSA) is 66.7 Å². The fourth-order valence-corrected chi connectivity index (χ4v) is 2.46. The zero-order valence-electron chi connectivity index (χ0n) is 12.8. The van der Waals surface area contributed by atoms with Gasteiger partial charge in [-0.1, -0.05) is 28.1 Å². The third kappa shape index (κ3) is 4.36. The van der Waals surface area contributed by atoms with Gasteiger partial charge in [-0.25, -0.2) is 0 Å². The summed E-state index contributed by atoms with van der Waals surface area (Å²) in [7, 11) is 0. The number of aliphatic imine (C=N–C) groups is 1. The van der Waals surface area contributed by atoms with Crippen LogP contribution in [0.15, 0.2) is 51.9 Å². The van der Waals surface area contributed by atoms with Crippen LogP contribution in [0, 0.1) is 0 Å². The maximum atomic E-state index is 12.8. The Balaban J connectivity index is 2.56. The molecule has 0 heterocycles. The highest BCUT2D eigenvalue weighted by molar-refractivity contribution is 9.10. The number of nitrogens with zero attached hydrogens (tertiary/aromatic N) is 1. The number of ketones is 1. The molecular weight excluding hydrogens is 358 g/mol. The predicted octanol–water partition coefficient (Wildman–Crippen LogP) is 4.42. The lowest BCUT2D eigenvalue weighted by molar-refractivity contribution is -0.136. The van der Waals surface area contributed by atoms with E-state index in [2.05, 4.69) is 20.9 Å². The molecule has 0 aliphatic rings. The minimum absolute atomic E-state index is 0.173. The number of carboxylic acids is 1. The first-order chi connectivity index (χ1) is 10.9. The number of para-hydroxylation sites is 1. The van der Waals surface area contributed by atoms with Crippen molar-refractivity contribution in [2.45, 2.75) is 20.3 Å². The van der Waals surface area contributed by atoms with Crippen molar-refractivity contribution < 1.29 is 14.7 Å². The fourth-order valence-electron chi connectivity index (χ4n) is 2.19. The monoisotopic (exact) mass is 373 g/mol. The molecule has 0 aliphatic carbocycles. The molecule has 0 unspecified atom stereocenters. The summed E-state index contributed by atoms with van der Waals surface area (Å²) in [4.78, 5) is 28.2. The number of aliphatic carboxylic acids is 1. The quantitative estimate of drug-likeness (QED) is 0.622. The Morgan fingerprint density at radius 1 is 1.09 bits per heavy atom. The van der Waals surface area contributed by atoms with Crippen LogP contribution >= 0.6 is 15.9 Å². The molecule has 5 heteroatoms. The molecule has 4 nitrogen and oxygen atoms in total. The average molecular weight is 374 g/mol. The van der Waals surface area contributed by atoms with Crippen LogP contribution in [-0.2, 0) is 11.2 Å². The van der Waals surface area contributed by atoms with Gasteiger partial charge in [-0.3, -0.25) is 14.6 Å². The van der Waals surface area contributed by atoms with E-state index < -0.39 is 5.97 Å². The van der Waals surface area contributed by atoms with E-state index in [4.69, 9.17) is 5.11 Å². The van der Waals surface area contributed by atoms with E-state index in [1.807, 2.05) is 13.8 Å². The number of hydrogen-bond donors (Lipinski definition) is 1. The second-order valence-electron chi connectivity index (χ2n) is 5.28. The lowest BCUT2D eigenvalue weighted by Crippen LogP contribution is -2.06. The van der Waals surface area contributed by atoms with Gasteiger partial charge in [0, 0.05) is 21.3 Å². The van der Waals surface area contributed by atoms with Gasteiger partial charge >= 0.3 is 5.97 Å². The summed E-state index contributed by atoms with van der Waals surface area (Å²) in [6.45, 7) is 3.62. The molecule has 0 fully saturated rings. The standard InChI is InChI=1S/C18H16BrNO3/c1-11(2)20-17-13(10-16(21)22)4-3-5-15(17)18(23)12-6-8-14(19)9-7-12/h3-9H,10H2,1-2H3,(H,21,22). The molecule has 118 valence electrons. The van der Waals surface area contributed by atoms with Gasteiger partial charge in [0.25, 0.3) is 0 Å². The Morgan fingerprint density at radius 2 is 1.74 bits per heavy atom. The van der Waals surface area contributed by atoms with Gasteiger partial charge in [0.1, 0.15) is 0 Å². The first kappa shape index (κ1) is 17.1. The molecule has 0 aliphatic heterocycles. The van der Waals surface area contributed by atoms with E-state index in [0.29, 0.717) is 22.4 Å². The molecule has 0 bridgehead atoms. The first-order valence-electron chi connectivity index (χ1n) is 7.04. The maximum Gasteiger partial charge on any atom is 0.307 e. The molecule has 2 rings (SSSR count). The zero-order valence-corrected chi connectivity index (χ0v) is 14.4. The highest BCUT2D eigenvalue weighted by Gasteiger charge is 2.17. The Kier molecular flexibility index (Phi) is 5.45. The predicted molar refractivity (Wildman–Crippen MR) is 93.8 cm³/mol. The van der Waals surface area contributed by atoms with E-state index in [1.165, 1.54) is 0 Å². The average Bonchev–Trinajstić information content (AvgIpc) is 2.48. The van der Waals surface area contributed by atoms with Crippen LogP contribution in [0.3, 0.4) is 0 Å². The first-order valence-corrected chi connectivity index (χ1v) is 7.83. The number of benzene rings is 2. The number of carboxylic acid groups (broad SMARTS) is 1. The molecule has 0 spiro atoms. The Morgan fingerprint density at radius 3 is 2.30 bits per heavy atom. The molecule has 0 atom stereocenters. The second kappa shape index (κ2) is 7.33. The lowest BCUT2D eigenvalue weighted by Gasteiger charge is -2.10. The molecule has 1 N–H and O–H groups in total. The summed E-state index contributed by atoms with van der Waals surface area (Å²) >= 11 is 3.34. The van der Waals surface area contributed by atoms with Crippen molar-refractivity contribution in [1.82, 2.24) is 0 Å². The summed E-state index contributed by atoms with van der Waals surface area (Å²) < 4.78 is 0.885. The van der Waals surface area contributed by atoms with Crippen LogP contribution in [-0.4, -0.2) is 22.6 Å². The Hall–Kier alpha value is -2.27. The van der Waals surface area contributed by atoms with Crippen LogP contribution in [0.4, 0.5) is 5.69 Å². The SMILES string of the molecule is CC(C)=Nc1c(CC(=O)O)cccc1C(=O)c1ccc(Br)cc1. The van der Waals surface area contributed by atoms with Crippen molar-refractivity contribution in [3.63, 3.8) is 0 Å². The summed E-state index contributed by atoms with van der Waals surface area (Å²) in [6, 6.07) is 12.1. The van der Waals surface area contributed by atoms with Crippen LogP contribution in [0.1, 0.15) is 35.3 Å². The lowest BCUT2D eigenvalue weighted by atomic mass is 9.97. The van der Waals surface area contributed by atoms with Gasteiger partial charge < -0.3 is 5.11 Å². The van der Waals surface area contributed by atoms with Crippen molar-refractivity contribution in [1.29, 1.82) is 0 Å². The van der Waals surface area contributed by atoms with E-state index in [9.17, 15) is 9.59 Å². The van der Waals surface area contributed by atoms with Crippen molar-refractivity contribution in [3.8, 4) is 0 Å². The van der Waals surface area contributed by atoms with Gasteiger partial charge in [0.05, 0.1) is 12.1 Å². The van der Waals surface area contributed by atoms with Crippen LogP contribution in [0.5, 0.6) is 0 Å². The van der Waals surface area contributed by atoms with Gasteiger partial charge in [-0.2, -0.15) is 0 Å². The summed E-state index contributed by atoms with van der Waals surface area (Å²) in [5.41, 5.74) is 2.66. The maximum absolute atomic E-state index is 12.8. The smallest absolute Gasteiger partial charge is 0.307 e. The molecule has 23 heavy (non-hydrogen) atoms. The van der Waals surface area contributed by atoms with E-state index in [-0.39, 0.29) is 12.2 Å². The van der Waals surface area contributed by atoms with Crippen molar-refractivity contribution in [3.05, 3.63) is 63.6 Å². The third-order valence-electron chi connectivity index (χ3n) is 3.15. The van der Waals surface area contributed by atoms with Crippen molar-refractivity contribution in [2.75, 3.05) is 0 Å². The van der Waals surface area contributed by atoms with Crippen LogP contribution in [0.25, 0.3) is 0 Å². The van der Waals surface area contributed by atoms with Gasteiger partial charge in [-0.05, 0) is 49.7 Å². The van der Waals surface area contributed by atoms with Crippen LogP contribution in [0.2, 0.25) is 0 Å². The highest BCUT2D eigenvalue weighted by Crippen LogP contribution is 2.28. The summed E-state index contributed by atoms with van der Waals surface area (Å²) in [6.07, 6.45) is -0.173. The minimum atomic E-state index is -0.955. The van der Waals surface area contributed by atoms with E-state index in [0.717, 1.165) is 10.2 Å². The number of carbonyl (C=O) groups is 2. The molecule has 0 saturated carbocycles. The van der Waals surface area contributed by atoms with Crippen molar-refractivity contribution >= 4 is 39.1 Å². The van der Waals surface area contributed by atoms with E-state index >= 15 is 0 Å². The molecule has 0 amide bonds. The second-order valence-corrected chi connectivity index (χ2v) is 6.19. The summed E-state index contributed by atoms with van der Waals surface area (Å²) in [5, 5.41) is 9.06. The number of hydrogen-bond acceptors (Lipinski definition) is 3. The zero-order chi connectivity index (χ0) is 17.0. The third-order valence-corrected chi connectivity index (χ3v) is 3.68. The number of rotatable bonds is 5. The molecule has 2 aromatic rings. The van der Waals surface area contributed by atoms with E-state index in [1.54, 1.807) is 42.5 Å². The fraction of sp³-hybridized carbons (Fsp3) is 0.167. The normalized spacial score (nSPS) is 10.2. The summed E-state index contributed by atoms with van der Waals surface area (Å²) in [5.74, 6) is -1.13. The Bertz CT molecular complexity index is 775. The molecule has 2 aromatic carbocycles. The van der Waals surface area contributed by atoms with Crippen molar-refractivity contribution in [2.24, 2.45) is 4.99 Å². The van der Waals surface area contributed by atoms with Gasteiger partial charge in [0.15, 0.2) is 5.78 Å². The molecule has 0 radical (unpaired) electrons. The highest BCUT2D eigenvalue weighted by atomic mass is 79.9. The number of carbonyl (C=O) groups excluding carboxylic acids is 1. The minimum Gasteiger partial charge on any atom is -0.481 e. The molecule has 0 saturated heterocycles. The number of halogens is 1. The largest absolute Gasteiger partial charge is 0.481 e. The van der Waals surface area contributed by atoms with Crippen LogP contribution < -0.4 is 0 Å². The van der Waals surface area contributed by atoms with Gasteiger partial charge in [-0.15, -0.1) is 0 Å². The molecular formula is C18H16BrNO3. The molecule has 0 aromatic heterocycles.